The first-order chi connectivity index (χ1) is 5.81. The van der Waals surface area contributed by atoms with Gasteiger partial charge in [0.05, 0.1) is 0 Å². The van der Waals surface area contributed by atoms with Crippen LogP contribution in [0.15, 0.2) is 21.7 Å². The molecule has 5 heteroatoms. The van der Waals surface area contributed by atoms with E-state index in [0.717, 1.165) is 0 Å². The summed E-state index contributed by atoms with van der Waals surface area (Å²) in [5.41, 5.74) is -0.428. The van der Waals surface area contributed by atoms with E-state index in [4.69, 9.17) is 0 Å². The fourth-order valence-electron chi connectivity index (χ4n) is 0.870. The molecule has 0 aromatic carbocycles. The van der Waals surface area contributed by atoms with Gasteiger partial charge in [-0.05, 0) is 32.2 Å². The maximum absolute atomic E-state index is 11.6. The molecule has 0 bridgehead atoms. The lowest BCUT2D eigenvalue weighted by Gasteiger charge is -2.19. The molecule has 1 rings (SSSR count). The third-order valence-electron chi connectivity index (χ3n) is 1.20. The maximum Gasteiger partial charge on any atom is 0.250 e. The molecule has 0 amide bonds. The SMILES string of the molecule is CC(C)(C)NS(=O)(=O)c1cccs1. The monoisotopic (exact) mass is 219 g/mol. The first-order valence-corrected chi connectivity index (χ1v) is 6.25. The van der Waals surface area contributed by atoms with Gasteiger partial charge in [-0.2, -0.15) is 0 Å². The number of sulfonamides is 1. The van der Waals surface area contributed by atoms with E-state index in [-0.39, 0.29) is 0 Å². The molecule has 0 atom stereocenters. The summed E-state index contributed by atoms with van der Waals surface area (Å²) >= 11 is 1.22. The zero-order valence-electron chi connectivity index (χ0n) is 7.87. The van der Waals surface area contributed by atoms with Crippen LogP contribution in [0.1, 0.15) is 20.8 Å². The van der Waals surface area contributed by atoms with Crippen LogP contribution in [0.5, 0.6) is 0 Å². The molecule has 1 N–H and O–H groups in total. The van der Waals surface area contributed by atoms with Crippen molar-refractivity contribution in [3.63, 3.8) is 0 Å². The van der Waals surface area contributed by atoms with Crippen molar-refractivity contribution in [1.82, 2.24) is 4.72 Å². The number of rotatable bonds is 2. The van der Waals surface area contributed by atoms with Crippen molar-refractivity contribution < 1.29 is 8.42 Å². The van der Waals surface area contributed by atoms with Crippen molar-refractivity contribution in [1.29, 1.82) is 0 Å². The van der Waals surface area contributed by atoms with Gasteiger partial charge in [0.15, 0.2) is 0 Å². The van der Waals surface area contributed by atoms with Crippen molar-refractivity contribution in [2.45, 2.75) is 30.5 Å². The van der Waals surface area contributed by atoms with E-state index in [2.05, 4.69) is 4.72 Å². The molecule has 0 saturated heterocycles. The molecular formula is C8H13NO2S2. The van der Waals surface area contributed by atoms with Gasteiger partial charge in [0, 0.05) is 5.54 Å². The molecule has 1 aromatic heterocycles. The minimum atomic E-state index is -3.31. The summed E-state index contributed by atoms with van der Waals surface area (Å²) in [7, 11) is -3.31. The van der Waals surface area contributed by atoms with E-state index in [9.17, 15) is 8.42 Å². The lowest BCUT2D eigenvalue weighted by molar-refractivity contribution is 0.492. The molecule has 0 unspecified atom stereocenters. The van der Waals surface area contributed by atoms with Crippen LogP contribution in [0.2, 0.25) is 0 Å². The molecule has 1 aromatic rings. The molecule has 0 aliphatic heterocycles. The minimum Gasteiger partial charge on any atom is -0.206 e. The molecule has 3 nitrogen and oxygen atoms in total. The summed E-state index contributed by atoms with van der Waals surface area (Å²) < 4.78 is 26.2. The van der Waals surface area contributed by atoms with E-state index in [0.29, 0.717) is 4.21 Å². The highest BCUT2D eigenvalue weighted by molar-refractivity contribution is 7.91. The standard InChI is InChI=1S/C8H13NO2S2/c1-8(2,3)9-13(10,11)7-5-4-6-12-7/h4-6,9H,1-3H3. The molecule has 1 heterocycles. The van der Waals surface area contributed by atoms with Crippen molar-refractivity contribution in [2.75, 3.05) is 0 Å². The van der Waals surface area contributed by atoms with Crippen LogP contribution < -0.4 is 4.72 Å². The van der Waals surface area contributed by atoms with Crippen LogP contribution in [0, 0.1) is 0 Å². The first-order valence-electron chi connectivity index (χ1n) is 3.89. The Kier molecular flexibility index (Phi) is 2.79. The second-order valence-electron chi connectivity index (χ2n) is 3.79. The topological polar surface area (TPSA) is 46.2 Å². The quantitative estimate of drug-likeness (QED) is 0.824. The van der Waals surface area contributed by atoms with Gasteiger partial charge in [0.2, 0.25) is 0 Å². The summed E-state index contributed by atoms with van der Waals surface area (Å²) in [4.78, 5) is 0. The first kappa shape index (κ1) is 10.7. The van der Waals surface area contributed by atoms with Gasteiger partial charge in [-0.15, -0.1) is 11.3 Å². The van der Waals surface area contributed by atoms with Crippen molar-refractivity contribution in [3.8, 4) is 0 Å². The smallest absolute Gasteiger partial charge is 0.206 e. The molecule has 0 aliphatic rings. The van der Waals surface area contributed by atoms with Gasteiger partial charge in [-0.25, -0.2) is 13.1 Å². The Balaban J connectivity index is 2.93. The van der Waals surface area contributed by atoms with E-state index in [1.54, 1.807) is 17.5 Å². The van der Waals surface area contributed by atoms with Crippen LogP contribution in [-0.2, 0) is 10.0 Å². The van der Waals surface area contributed by atoms with Crippen molar-refractivity contribution in [2.24, 2.45) is 0 Å². The molecule has 0 radical (unpaired) electrons. The lowest BCUT2D eigenvalue weighted by Crippen LogP contribution is -2.40. The highest BCUT2D eigenvalue weighted by Crippen LogP contribution is 2.17. The van der Waals surface area contributed by atoms with Gasteiger partial charge in [0.1, 0.15) is 4.21 Å². The fourth-order valence-corrected chi connectivity index (χ4v) is 3.28. The summed E-state index contributed by atoms with van der Waals surface area (Å²) in [5, 5.41) is 1.75. The Morgan fingerprint density at radius 2 is 2.00 bits per heavy atom. The minimum absolute atomic E-state index is 0.363. The third kappa shape index (κ3) is 3.10. The molecule has 0 aliphatic carbocycles. The van der Waals surface area contributed by atoms with Crippen LogP contribution in [0.25, 0.3) is 0 Å². The normalized spacial score (nSPS) is 13.2. The van der Waals surface area contributed by atoms with Crippen LogP contribution in [-0.4, -0.2) is 14.0 Å². The average molecular weight is 219 g/mol. The van der Waals surface area contributed by atoms with Crippen molar-refractivity contribution >= 4 is 21.4 Å². The second-order valence-corrected chi connectivity index (χ2v) is 6.64. The molecule has 74 valence electrons. The predicted octanol–water partition coefficient (Wildman–Crippen LogP) is 1.82. The highest BCUT2D eigenvalue weighted by Gasteiger charge is 2.22. The van der Waals surface area contributed by atoms with E-state index in [1.165, 1.54) is 11.3 Å². The Labute approximate surface area is 82.8 Å². The molecule has 13 heavy (non-hydrogen) atoms. The van der Waals surface area contributed by atoms with Gasteiger partial charge < -0.3 is 0 Å². The number of nitrogens with one attached hydrogen (secondary N) is 1. The third-order valence-corrected chi connectivity index (χ3v) is 4.36. The largest absolute Gasteiger partial charge is 0.250 e. The maximum atomic E-state index is 11.6. The highest BCUT2D eigenvalue weighted by atomic mass is 32.2. The number of thiophene rings is 1. The summed E-state index contributed by atoms with van der Waals surface area (Å²) in [6.45, 7) is 5.45. The lowest BCUT2D eigenvalue weighted by atomic mass is 10.1. The van der Waals surface area contributed by atoms with E-state index in [1.807, 2.05) is 20.8 Å². The number of hydrogen-bond acceptors (Lipinski definition) is 3. The van der Waals surface area contributed by atoms with Crippen molar-refractivity contribution in [3.05, 3.63) is 17.5 Å². The Morgan fingerprint density at radius 1 is 1.38 bits per heavy atom. The van der Waals surface area contributed by atoms with Gasteiger partial charge >= 0.3 is 0 Å². The second kappa shape index (κ2) is 3.40. The van der Waals surface area contributed by atoms with Gasteiger partial charge in [0.25, 0.3) is 10.0 Å². The zero-order chi connectivity index (χ0) is 10.1. The molecule has 0 saturated carbocycles. The van der Waals surface area contributed by atoms with E-state index < -0.39 is 15.6 Å². The Hall–Kier alpha value is -0.390. The average Bonchev–Trinajstić information content (AvgIpc) is 2.29. The molecular weight excluding hydrogens is 206 g/mol. The van der Waals surface area contributed by atoms with E-state index >= 15 is 0 Å². The summed E-state index contributed by atoms with van der Waals surface area (Å²) in [6, 6.07) is 3.32. The Morgan fingerprint density at radius 3 is 2.38 bits per heavy atom. The summed E-state index contributed by atoms with van der Waals surface area (Å²) in [5.74, 6) is 0. The predicted molar refractivity (Wildman–Crippen MR) is 54.4 cm³/mol. The fraction of sp³-hybridized carbons (Fsp3) is 0.500. The zero-order valence-corrected chi connectivity index (χ0v) is 9.50. The van der Waals surface area contributed by atoms with Crippen LogP contribution >= 0.6 is 11.3 Å². The molecule has 0 spiro atoms. The van der Waals surface area contributed by atoms with Gasteiger partial charge in [-0.3, -0.25) is 0 Å². The summed E-state index contributed by atoms with van der Waals surface area (Å²) in [6.07, 6.45) is 0. The Bertz CT molecular complexity index is 359. The van der Waals surface area contributed by atoms with Crippen LogP contribution in [0.3, 0.4) is 0 Å². The number of hydrogen-bond donors (Lipinski definition) is 1. The molecule has 0 fully saturated rings. The van der Waals surface area contributed by atoms with Gasteiger partial charge in [-0.1, -0.05) is 6.07 Å². The van der Waals surface area contributed by atoms with Crippen LogP contribution in [0.4, 0.5) is 0 Å².